The molecule has 1 heterocycles. The lowest BCUT2D eigenvalue weighted by Crippen LogP contribution is -1.87. The van der Waals surface area contributed by atoms with Crippen LogP contribution < -0.4 is 0 Å². The molecule has 1 aromatic heterocycles. The van der Waals surface area contributed by atoms with Crippen molar-refractivity contribution in [3.05, 3.63) is 16.1 Å². The molecule has 48 valence electrons. The highest BCUT2D eigenvalue weighted by molar-refractivity contribution is 7.97. The molecule has 0 aromatic carbocycles. The Labute approximate surface area is 62.3 Å². The maximum atomic E-state index is 10.5. The van der Waals surface area contributed by atoms with Crippen molar-refractivity contribution < 1.29 is 4.79 Å². The van der Waals surface area contributed by atoms with Gasteiger partial charge in [-0.25, -0.2) is 4.98 Å². The van der Waals surface area contributed by atoms with Crippen molar-refractivity contribution in [2.75, 3.05) is 0 Å². The highest BCUT2D eigenvalue weighted by Gasteiger charge is 2.02. The Morgan fingerprint density at radius 1 is 1.89 bits per heavy atom. The first-order valence-corrected chi connectivity index (χ1v) is 3.68. The Kier molecular flexibility index (Phi) is 1.87. The van der Waals surface area contributed by atoms with E-state index in [1.807, 2.05) is 6.92 Å². The maximum absolute atomic E-state index is 10.5. The molecule has 0 atom stereocenters. The van der Waals surface area contributed by atoms with Crippen molar-refractivity contribution in [3.8, 4) is 0 Å². The van der Waals surface area contributed by atoms with Crippen molar-refractivity contribution in [1.82, 2.24) is 4.98 Å². The number of hydrogen-bond donors (Lipinski definition) is 1. The number of nitrogens with zero attached hydrogens (tertiary/aromatic N) is 1. The van der Waals surface area contributed by atoms with Gasteiger partial charge in [0.2, 0.25) is 5.12 Å². The molecule has 0 aliphatic heterocycles. The van der Waals surface area contributed by atoms with Gasteiger partial charge in [0.1, 0.15) is 5.69 Å². The van der Waals surface area contributed by atoms with E-state index >= 15 is 0 Å². The van der Waals surface area contributed by atoms with Gasteiger partial charge in [0.25, 0.3) is 0 Å². The second-order valence-corrected chi connectivity index (χ2v) is 3.03. The molecule has 0 spiro atoms. The van der Waals surface area contributed by atoms with Crippen LogP contribution in [0.3, 0.4) is 0 Å². The van der Waals surface area contributed by atoms with Gasteiger partial charge in [-0.15, -0.1) is 11.3 Å². The SMILES string of the molecule is Cc1nc(C(=O)S)cs1. The second-order valence-electron chi connectivity index (χ2n) is 1.56. The Hall–Kier alpha value is -0.350. The highest BCUT2D eigenvalue weighted by Crippen LogP contribution is 2.09. The standard InChI is InChI=1S/C5H5NOS2/c1-3-6-4(2-9-3)5(7)8/h2H,1H3,(H,7,8). The number of thiazole rings is 1. The van der Waals surface area contributed by atoms with Gasteiger partial charge in [0.15, 0.2) is 0 Å². The summed E-state index contributed by atoms with van der Waals surface area (Å²) in [7, 11) is 0. The van der Waals surface area contributed by atoms with Crippen LogP contribution >= 0.6 is 24.0 Å². The van der Waals surface area contributed by atoms with Crippen molar-refractivity contribution in [2.24, 2.45) is 0 Å². The summed E-state index contributed by atoms with van der Waals surface area (Å²) in [4.78, 5) is 14.4. The van der Waals surface area contributed by atoms with Gasteiger partial charge in [-0.2, -0.15) is 0 Å². The van der Waals surface area contributed by atoms with Gasteiger partial charge in [-0.1, -0.05) is 12.6 Å². The lowest BCUT2D eigenvalue weighted by atomic mass is 10.5. The molecule has 0 fully saturated rings. The molecule has 0 amide bonds. The molecule has 0 N–H and O–H groups in total. The van der Waals surface area contributed by atoms with E-state index in [0.717, 1.165) is 5.01 Å². The summed E-state index contributed by atoms with van der Waals surface area (Å²) < 4.78 is 0. The van der Waals surface area contributed by atoms with Crippen molar-refractivity contribution in [1.29, 1.82) is 0 Å². The lowest BCUT2D eigenvalue weighted by Gasteiger charge is -1.79. The minimum atomic E-state index is -0.264. The molecule has 0 aliphatic rings. The predicted molar refractivity (Wildman–Crippen MR) is 40.2 cm³/mol. The summed E-state index contributed by atoms with van der Waals surface area (Å²) in [6, 6.07) is 0. The molecular formula is C5H5NOS2. The van der Waals surface area contributed by atoms with Crippen LogP contribution in [-0.4, -0.2) is 10.1 Å². The van der Waals surface area contributed by atoms with Crippen LogP contribution in [0.4, 0.5) is 0 Å². The fraction of sp³-hybridized carbons (Fsp3) is 0.200. The zero-order chi connectivity index (χ0) is 6.85. The molecular weight excluding hydrogens is 154 g/mol. The molecule has 0 aliphatic carbocycles. The van der Waals surface area contributed by atoms with Crippen LogP contribution in [0.5, 0.6) is 0 Å². The smallest absolute Gasteiger partial charge is 0.235 e. The van der Waals surface area contributed by atoms with Gasteiger partial charge in [0.05, 0.1) is 5.01 Å². The van der Waals surface area contributed by atoms with Crippen molar-refractivity contribution >= 4 is 29.1 Å². The molecule has 2 nitrogen and oxygen atoms in total. The molecule has 9 heavy (non-hydrogen) atoms. The van der Waals surface area contributed by atoms with E-state index in [1.54, 1.807) is 5.38 Å². The van der Waals surface area contributed by atoms with Gasteiger partial charge in [0, 0.05) is 5.38 Å². The molecule has 1 rings (SSSR count). The Morgan fingerprint density at radius 3 is 2.78 bits per heavy atom. The molecule has 0 saturated carbocycles. The molecule has 0 saturated heterocycles. The molecule has 4 heteroatoms. The van der Waals surface area contributed by atoms with E-state index < -0.39 is 0 Å². The summed E-state index contributed by atoms with van der Waals surface area (Å²) in [6.07, 6.45) is 0. The molecule has 0 bridgehead atoms. The van der Waals surface area contributed by atoms with E-state index in [2.05, 4.69) is 17.6 Å². The van der Waals surface area contributed by atoms with Crippen molar-refractivity contribution in [3.63, 3.8) is 0 Å². The fourth-order valence-corrected chi connectivity index (χ4v) is 1.26. The number of hydrogen-bond acceptors (Lipinski definition) is 3. The first kappa shape index (κ1) is 6.77. The minimum Gasteiger partial charge on any atom is -0.280 e. The topological polar surface area (TPSA) is 30.0 Å². The number of carbonyl (C=O) groups is 1. The average Bonchev–Trinajstić information content (AvgIpc) is 2.14. The summed E-state index contributed by atoms with van der Waals surface area (Å²) in [5.74, 6) is 0. The zero-order valence-electron chi connectivity index (χ0n) is 4.79. The van der Waals surface area contributed by atoms with E-state index in [9.17, 15) is 4.79 Å². The van der Waals surface area contributed by atoms with Crippen LogP contribution in [0, 0.1) is 6.92 Å². The third kappa shape index (κ3) is 1.53. The van der Waals surface area contributed by atoms with Gasteiger partial charge < -0.3 is 0 Å². The van der Waals surface area contributed by atoms with Crippen molar-refractivity contribution in [2.45, 2.75) is 6.92 Å². The van der Waals surface area contributed by atoms with E-state index in [-0.39, 0.29) is 5.12 Å². The first-order chi connectivity index (χ1) is 4.20. The summed E-state index contributed by atoms with van der Waals surface area (Å²) in [5, 5.41) is 2.33. The second kappa shape index (κ2) is 2.49. The van der Waals surface area contributed by atoms with Crippen LogP contribution in [0.25, 0.3) is 0 Å². The Bertz CT molecular complexity index is 231. The van der Waals surface area contributed by atoms with E-state index in [4.69, 9.17) is 0 Å². The molecule has 1 aromatic rings. The van der Waals surface area contributed by atoms with Crippen LogP contribution in [-0.2, 0) is 0 Å². The number of aromatic nitrogens is 1. The van der Waals surface area contributed by atoms with Crippen LogP contribution in [0.15, 0.2) is 5.38 Å². The normalized spacial score (nSPS) is 9.56. The van der Waals surface area contributed by atoms with Gasteiger partial charge in [-0.3, -0.25) is 4.79 Å². The largest absolute Gasteiger partial charge is 0.280 e. The van der Waals surface area contributed by atoms with E-state index in [0.29, 0.717) is 5.69 Å². The molecule has 0 radical (unpaired) electrons. The number of carbonyl (C=O) groups excluding carboxylic acids is 1. The minimum absolute atomic E-state index is 0.264. The van der Waals surface area contributed by atoms with Crippen LogP contribution in [0.1, 0.15) is 15.5 Å². The average molecular weight is 159 g/mol. The monoisotopic (exact) mass is 159 g/mol. The summed E-state index contributed by atoms with van der Waals surface area (Å²) in [6.45, 7) is 1.85. The zero-order valence-corrected chi connectivity index (χ0v) is 6.50. The first-order valence-electron chi connectivity index (χ1n) is 2.35. The molecule has 0 unspecified atom stereocenters. The Morgan fingerprint density at radius 2 is 2.56 bits per heavy atom. The number of rotatable bonds is 1. The Balaban J connectivity index is 2.98. The van der Waals surface area contributed by atoms with Crippen LogP contribution in [0.2, 0.25) is 0 Å². The lowest BCUT2D eigenvalue weighted by molar-refractivity contribution is 0.108. The maximum Gasteiger partial charge on any atom is 0.235 e. The predicted octanol–water partition coefficient (Wildman–Crippen LogP) is 1.52. The van der Waals surface area contributed by atoms with E-state index in [1.165, 1.54) is 11.3 Å². The third-order valence-corrected chi connectivity index (χ3v) is 1.84. The van der Waals surface area contributed by atoms with Gasteiger partial charge >= 0.3 is 0 Å². The van der Waals surface area contributed by atoms with Gasteiger partial charge in [-0.05, 0) is 6.92 Å². The summed E-state index contributed by atoms with van der Waals surface area (Å²) in [5.41, 5.74) is 0.445. The number of aryl methyl sites for hydroxylation is 1. The third-order valence-electron chi connectivity index (χ3n) is 0.838. The fourth-order valence-electron chi connectivity index (χ4n) is 0.462. The number of thiol groups is 1. The summed E-state index contributed by atoms with van der Waals surface area (Å²) >= 11 is 5.06. The quantitative estimate of drug-likeness (QED) is 0.630. The highest BCUT2D eigenvalue weighted by atomic mass is 32.1.